The third-order valence-corrected chi connectivity index (χ3v) is 6.42. The minimum atomic E-state index is -0.270. The van der Waals surface area contributed by atoms with Crippen LogP contribution in [0, 0.1) is 6.92 Å². The van der Waals surface area contributed by atoms with E-state index in [4.69, 9.17) is 28.6 Å². The van der Waals surface area contributed by atoms with Crippen LogP contribution in [0.3, 0.4) is 0 Å². The fourth-order valence-corrected chi connectivity index (χ4v) is 4.61. The number of carbonyl (C=O) groups excluding carboxylic acids is 2. The summed E-state index contributed by atoms with van der Waals surface area (Å²) in [5.41, 5.74) is 3.04. The number of carbonyl (C=O) groups is 2. The molecule has 0 spiro atoms. The van der Waals surface area contributed by atoms with E-state index in [0.717, 1.165) is 11.3 Å². The number of ether oxygens (including phenoxy) is 1. The number of benzene rings is 3. The maximum atomic E-state index is 13.0. The zero-order valence-electron chi connectivity index (χ0n) is 17.6. The highest BCUT2D eigenvalue weighted by Gasteiger charge is 2.33. The first-order valence-corrected chi connectivity index (χ1v) is 11.6. The number of halogens is 1. The van der Waals surface area contributed by atoms with E-state index in [1.807, 2.05) is 49.4 Å². The molecular formula is C25H19ClN2O3S2. The van der Waals surface area contributed by atoms with Crippen molar-refractivity contribution in [1.29, 1.82) is 0 Å². The van der Waals surface area contributed by atoms with Crippen molar-refractivity contribution in [3.8, 4) is 5.75 Å². The molecule has 33 heavy (non-hydrogen) atoms. The molecular weight excluding hydrogens is 476 g/mol. The first-order valence-electron chi connectivity index (χ1n) is 10.0. The van der Waals surface area contributed by atoms with Crippen LogP contribution in [-0.4, -0.2) is 22.7 Å². The van der Waals surface area contributed by atoms with Gasteiger partial charge in [0.2, 0.25) is 0 Å². The molecule has 1 N–H and O–H groups in total. The summed E-state index contributed by atoms with van der Waals surface area (Å²) in [4.78, 5) is 27.3. The molecule has 2 amide bonds. The lowest BCUT2D eigenvalue weighted by Gasteiger charge is -2.14. The fourth-order valence-electron chi connectivity index (χ4n) is 3.20. The van der Waals surface area contributed by atoms with Gasteiger partial charge in [0, 0.05) is 16.3 Å². The molecule has 0 saturated carbocycles. The van der Waals surface area contributed by atoms with Gasteiger partial charge in [0.1, 0.15) is 5.75 Å². The van der Waals surface area contributed by atoms with Gasteiger partial charge in [-0.1, -0.05) is 72.0 Å². The van der Waals surface area contributed by atoms with Gasteiger partial charge in [-0.25, -0.2) is 0 Å². The summed E-state index contributed by atoms with van der Waals surface area (Å²) in [5.74, 6) is 0.00165. The van der Waals surface area contributed by atoms with Crippen LogP contribution in [0.25, 0.3) is 6.08 Å². The molecule has 3 aromatic carbocycles. The number of aryl methyl sites for hydroxylation is 1. The van der Waals surface area contributed by atoms with E-state index < -0.39 is 0 Å². The Labute approximate surface area is 206 Å². The molecule has 1 fully saturated rings. The number of thiocarbonyl (C=S) groups is 1. The molecule has 1 saturated heterocycles. The number of nitrogens with one attached hydrogen (secondary N) is 1. The maximum Gasteiger partial charge on any atom is 0.270 e. The number of rotatable bonds is 6. The van der Waals surface area contributed by atoms with Crippen LogP contribution in [0.1, 0.15) is 11.1 Å². The van der Waals surface area contributed by atoms with Gasteiger partial charge in [-0.05, 0) is 55.0 Å². The fraction of sp³-hybridized carbons (Fsp3) is 0.0800. The van der Waals surface area contributed by atoms with Crippen molar-refractivity contribution < 1.29 is 14.3 Å². The summed E-state index contributed by atoms with van der Waals surface area (Å²) < 4.78 is 6.20. The lowest BCUT2D eigenvalue weighted by molar-refractivity contribution is -0.118. The number of amides is 2. The Morgan fingerprint density at radius 2 is 1.79 bits per heavy atom. The molecule has 5 nitrogen and oxygen atoms in total. The minimum absolute atomic E-state index is 0.162. The summed E-state index contributed by atoms with van der Waals surface area (Å²) in [7, 11) is 0. The van der Waals surface area contributed by atoms with Crippen molar-refractivity contribution in [3.63, 3.8) is 0 Å². The van der Waals surface area contributed by atoms with Crippen molar-refractivity contribution in [3.05, 3.63) is 93.9 Å². The molecule has 8 heteroatoms. The number of hydrogen-bond donors (Lipinski definition) is 1. The molecule has 0 bridgehead atoms. The van der Waals surface area contributed by atoms with Crippen molar-refractivity contribution in [2.75, 3.05) is 16.8 Å². The van der Waals surface area contributed by atoms with Crippen LogP contribution in [0.15, 0.2) is 77.7 Å². The van der Waals surface area contributed by atoms with E-state index in [0.29, 0.717) is 31.2 Å². The third kappa shape index (κ3) is 5.45. The molecule has 166 valence electrons. The second-order valence-corrected chi connectivity index (χ2v) is 9.30. The summed E-state index contributed by atoms with van der Waals surface area (Å²) in [6, 6.07) is 21.7. The molecule has 1 aliphatic heterocycles. The molecule has 4 rings (SSSR count). The largest absolute Gasteiger partial charge is 0.483 e. The maximum absolute atomic E-state index is 13.0. The standard InChI is InChI=1S/C25H19ClN2O3S2/c1-16-6-2-4-8-20(16)27-23(29)15-31-21-9-5-3-7-17(21)14-22-24(30)28(25(32)33-22)19-12-10-18(26)11-13-19/h2-14H,15H2,1H3,(H,27,29)/b22-14-. The molecule has 0 radical (unpaired) electrons. The average Bonchev–Trinajstić information content (AvgIpc) is 3.08. The zero-order valence-corrected chi connectivity index (χ0v) is 20.0. The third-order valence-electron chi connectivity index (χ3n) is 4.86. The van der Waals surface area contributed by atoms with Crippen molar-refractivity contribution in [2.24, 2.45) is 0 Å². The van der Waals surface area contributed by atoms with Crippen LogP contribution < -0.4 is 15.0 Å². The Hall–Kier alpha value is -3.13. The Kier molecular flexibility index (Phi) is 7.13. The number of hydrogen-bond acceptors (Lipinski definition) is 5. The Balaban J connectivity index is 1.48. The van der Waals surface area contributed by atoms with Crippen molar-refractivity contribution in [1.82, 2.24) is 0 Å². The quantitative estimate of drug-likeness (QED) is 0.333. The van der Waals surface area contributed by atoms with E-state index in [2.05, 4.69) is 5.32 Å². The molecule has 0 aromatic heterocycles. The molecule has 0 unspecified atom stereocenters. The topological polar surface area (TPSA) is 58.6 Å². The predicted octanol–water partition coefficient (Wildman–Crippen LogP) is 6.07. The monoisotopic (exact) mass is 494 g/mol. The van der Waals surface area contributed by atoms with E-state index in [1.165, 1.54) is 16.7 Å². The Morgan fingerprint density at radius 3 is 2.55 bits per heavy atom. The lowest BCUT2D eigenvalue weighted by Crippen LogP contribution is -2.27. The summed E-state index contributed by atoms with van der Waals surface area (Å²) >= 11 is 12.6. The van der Waals surface area contributed by atoms with E-state index in [-0.39, 0.29) is 18.4 Å². The van der Waals surface area contributed by atoms with Crippen LogP contribution in [0.5, 0.6) is 5.75 Å². The van der Waals surface area contributed by atoms with Crippen LogP contribution in [-0.2, 0) is 9.59 Å². The number of nitrogens with zero attached hydrogens (tertiary/aromatic N) is 1. The number of thioether (sulfide) groups is 1. The second kappa shape index (κ2) is 10.2. The van der Waals surface area contributed by atoms with Gasteiger partial charge in [0.25, 0.3) is 11.8 Å². The van der Waals surface area contributed by atoms with Crippen molar-refractivity contribution >= 4 is 69.2 Å². The van der Waals surface area contributed by atoms with Gasteiger partial charge in [-0.2, -0.15) is 0 Å². The summed E-state index contributed by atoms with van der Waals surface area (Å²) in [6.07, 6.45) is 1.73. The number of para-hydroxylation sites is 2. The molecule has 0 atom stereocenters. The number of anilines is 2. The van der Waals surface area contributed by atoms with Gasteiger partial charge in [0.05, 0.1) is 10.6 Å². The van der Waals surface area contributed by atoms with E-state index in [1.54, 1.807) is 36.4 Å². The molecule has 3 aromatic rings. The normalized spacial score (nSPS) is 14.6. The molecule has 1 heterocycles. The van der Waals surface area contributed by atoms with Gasteiger partial charge in [-0.3, -0.25) is 14.5 Å². The zero-order chi connectivity index (χ0) is 23.4. The highest BCUT2D eigenvalue weighted by atomic mass is 35.5. The van der Waals surface area contributed by atoms with Gasteiger partial charge >= 0.3 is 0 Å². The van der Waals surface area contributed by atoms with Gasteiger partial charge in [-0.15, -0.1) is 0 Å². The highest BCUT2D eigenvalue weighted by molar-refractivity contribution is 8.27. The Bertz CT molecular complexity index is 1260. The molecule has 0 aliphatic carbocycles. The average molecular weight is 495 g/mol. The van der Waals surface area contributed by atoms with Crippen LogP contribution in [0.2, 0.25) is 5.02 Å². The second-order valence-electron chi connectivity index (χ2n) is 7.18. The first-order chi connectivity index (χ1) is 15.9. The van der Waals surface area contributed by atoms with Gasteiger partial charge in [0.15, 0.2) is 10.9 Å². The van der Waals surface area contributed by atoms with Crippen LogP contribution >= 0.6 is 35.6 Å². The lowest BCUT2D eigenvalue weighted by atomic mass is 10.2. The van der Waals surface area contributed by atoms with E-state index >= 15 is 0 Å². The highest BCUT2D eigenvalue weighted by Crippen LogP contribution is 2.37. The SMILES string of the molecule is Cc1ccccc1NC(=O)COc1ccccc1/C=C1\SC(=S)N(c2ccc(Cl)cc2)C1=O. The van der Waals surface area contributed by atoms with E-state index in [9.17, 15) is 9.59 Å². The summed E-state index contributed by atoms with van der Waals surface area (Å²) in [6.45, 7) is 1.76. The van der Waals surface area contributed by atoms with Crippen molar-refractivity contribution in [2.45, 2.75) is 6.92 Å². The predicted molar refractivity (Wildman–Crippen MR) is 139 cm³/mol. The smallest absolute Gasteiger partial charge is 0.270 e. The van der Waals surface area contributed by atoms with Crippen LogP contribution in [0.4, 0.5) is 11.4 Å². The first kappa shape index (κ1) is 23.0. The Morgan fingerprint density at radius 1 is 1.09 bits per heavy atom. The minimum Gasteiger partial charge on any atom is -0.483 e. The molecule has 1 aliphatic rings. The summed E-state index contributed by atoms with van der Waals surface area (Å²) in [5, 5.41) is 3.42. The van der Waals surface area contributed by atoms with Gasteiger partial charge < -0.3 is 10.1 Å².